The molecular weight excluding hydrogens is 418 g/mol. The minimum absolute atomic E-state index is 0.489. The van der Waals surface area contributed by atoms with Gasteiger partial charge < -0.3 is 19.1 Å². The molecule has 5 rings (SSSR count). The number of aromatic nitrogens is 4. The highest BCUT2D eigenvalue weighted by Gasteiger charge is 2.15. The van der Waals surface area contributed by atoms with Crippen molar-refractivity contribution in [1.29, 1.82) is 0 Å². The van der Waals surface area contributed by atoms with Crippen LogP contribution in [-0.4, -0.2) is 60.7 Å². The molecule has 2 aromatic heterocycles. The number of ether oxygens (including phenoxy) is 3. The lowest BCUT2D eigenvalue weighted by Gasteiger charge is -2.29. The molecule has 8 nitrogen and oxygen atoms in total. The number of hydrogen-bond acceptors (Lipinski definition) is 8. The van der Waals surface area contributed by atoms with Gasteiger partial charge in [0.25, 0.3) is 0 Å². The van der Waals surface area contributed by atoms with Crippen LogP contribution in [0.15, 0.2) is 54.9 Å². The normalized spacial score (nSPS) is 13.8. The molecule has 0 spiro atoms. The van der Waals surface area contributed by atoms with Gasteiger partial charge in [-0.2, -0.15) is 5.10 Å². The number of hydrogen-bond donors (Lipinski definition) is 0. The van der Waals surface area contributed by atoms with E-state index in [0.29, 0.717) is 12.3 Å². The Hall–Kier alpha value is -3.78. The van der Waals surface area contributed by atoms with E-state index in [-0.39, 0.29) is 0 Å². The summed E-state index contributed by atoms with van der Waals surface area (Å²) >= 11 is 0. The number of rotatable bonds is 6. The molecule has 4 aromatic rings. The molecular formula is C25H25N5O3. The molecule has 0 amide bonds. The molecule has 1 aliphatic heterocycles. The number of fused-ring (bicyclic) bond motifs is 1. The van der Waals surface area contributed by atoms with Gasteiger partial charge in [-0.1, -0.05) is 0 Å². The first-order valence-corrected chi connectivity index (χ1v) is 10.9. The zero-order chi connectivity index (χ0) is 22.6. The first-order chi connectivity index (χ1) is 16.2. The summed E-state index contributed by atoms with van der Waals surface area (Å²) in [4.78, 5) is 11.5. The first kappa shape index (κ1) is 21.1. The van der Waals surface area contributed by atoms with Crippen molar-refractivity contribution in [3.8, 4) is 22.9 Å². The van der Waals surface area contributed by atoms with E-state index in [9.17, 15) is 0 Å². The Bertz CT molecular complexity index is 1260. The quantitative estimate of drug-likeness (QED) is 0.448. The Morgan fingerprint density at radius 2 is 1.79 bits per heavy atom. The van der Waals surface area contributed by atoms with Crippen molar-refractivity contribution in [2.45, 2.75) is 6.42 Å². The maximum absolute atomic E-state index is 5.60. The van der Waals surface area contributed by atoms with Gasteiger partial charge in [-0.25, -0.2) is 9.97 Å². The van der Waals surface area contributed by atoms with Crippen molar-refractivity contribution in [3.05, 3.63) is 66.1 Å². The number of methoxy groups -OCH3 is 2. The Morgan fingerprint density at radius 1 is 0.909 bits per heavy atom. The van der Waals surface area contributed by atoms with Gasteiger partial charge in [0.1, 0.15) is 12.1 Å². The van der Waals surface area contributed by atoms with E-state index < -0.39 is 0 Å². The topological polar surface area (TPSA) is 82.5 Å². The fraction of sp³-hybridized carbons (Fsp3) is 0.280. The van der Waals surface area contributed by atoms with E-state index >= 15 is 0 Å². The van der Waals surface area contributed by atoms with Crippen LogP contribution >= 0.6 is 0 Å². The second-order valence-electron chi connectivity index (χ2n) is 7.79. The van der Waals surface area contributed by atoms with Gasteiger partial charge in [0, 0.05) is 47.8 Å². The minimum Gasteiger partial charge on any atom is -0.496 e. The first-order valence-electron chi connectivity index (χ1n) is 10.9. The second kappa shape index (κ2) is 9.38. The van der Waals surface area contributed by atoms with Crippen molar-refractivity contribution in [2.24, 2.45) is 0 Å². The van der Waals surface area contributed by atoms with E-state index in [1.165, 1.54) is 0 Å². The zero-order valence-corrected chi connectivity index (χ0v) is 18.7. The van der Waals surface area contributed by atoms with E-state index in [1.54, 1.807) is 20.5 Å². The highest BCUT2D eigenvalue weighted by Crippen LogP contribution is 2.32. The molecule has 3 heterocycles. The molecule has 1 fully saturated rings. The van der Waals surface area contributed by atoms with Crippen molar-refractivity contribution >= 4 is 16.6 Å². The Balaban J connectivity index is 1.50. The summed E-state index contributed by atoms with van der Waals surface area (Å²) < 4.78 is 16.2. The molecule has 168 valence electrons. The lowest BCUT2D eigenvalue weighted by atomic mass is 10.0. The number of benzene rings is 2. The van der Waals surface area contributed by atoms with E-state index in [1.807, 2.05) is 24.3 Å². The second-order valence-corrected chi connectivity index (χ2v) is 7.79. The van der Waals surface area contributed by atoms with Gasteiger partial charge in [-0.05, 0) is 42.5 Å². The molecule has 1 saturated heterocycles. The third kappa shape index (κ3) is 4.42. The highest BCUT2D eigenvalue weighted by atomic mass is 16.5. The lowest BCUT2D eigenvalue weighted by molar-refractivity contribution is 0.122. The predicted octanol–water partition coefficient (Wildman–Crippen LogP) is 3.53. The molecule has 0 saturated carbocycles. The molecule has 0 radical (unpaired) electrons. The van der Waals surface area contributed by atoms with Crippen molar-refractivity contribution in [1.82, 2.24) is 20.2 Å². The average molecular weight is 444 g/mol. The minimum atomic E-state index is 0.489. The van der Waals surface area contributed by atoms with Crippen LogP contribution in [0.2, 0.25) is 0 Å². The monoisotopic (exact) mass is 443 g/mol. The van der Waals surface area contributed by atoms with Gasteiger partial charge >= 0.3 is 0 Å². The summed E-state index contributed by atoms with van der Waals surface area (Å²) in [6, 6.07) is 16.2. The molecule has 1 aliphatic rings. The molecule has 0 N–H and O–H groups in total. The van der Waals surface area contributed by atoms with E-state index in [4.69, 9.17) is 14.2 Å². The van der Waals surface area contributed by atoms with Gasteiger partial charge in [-0.15, -0.1) is 5.10 Å². The number of anilines is 1. The third-order valence-corrected chi connectivity index (χ3v) is 5.83. The van der Waals surface area contributed by atoms with Crippen molar-refractivity contribution < 1.29 is 14.2 Å². The molecule has 0 unspecified atom stereocenters. The van der Waals surface area contributed by atoms with E-state index in [2.05, 4.69) is 49.3 Å². The van der Waals surface area contributed by atoms with Crippen LogP contribution in [0.5, 0.6) is 11.6 Å². The number of nitrogens with zero attached hydrogens (tertiary/aromatic N) is 5. The molecule has 33 heavy (non-hydrogen) atoms. The highest BCUT2D eigenvalue weighted by molar-refractivity contribution is 5.94. The summed E-state index contributed by atoms with van der Waals surface area (Å²) in [5.74, 6) is 1.28. The predicted molar refractivity (Wildman–Crippen MR) is 126 cm³/mol. The molecule has 0 bridgehead atoms. The largest absolute Gasteiger partial charge is 0.496 e. The zero-order valence-electron chi connectivity index (χ0n) is 18.7. The van der Waals surface area contributed by atoms with Crippen LogP contribution in [0.1, 0.15) is 11.3 Å². The van der Waals surface area contributed by atoms with Crippen LogP contribution in [0, 0.1) is 0 Å². The Kier molecular flexibility index (Phi) is 5.99. The maximum atomic E-state index is 5.60. The fourth-order valence-corrected chi connectivity index (χ4v) is 4.10. The molecule has 2 aromatic carbocycles. The Morgan fingerprint density at radius 3 is 2.55 bits per heavy atom. The molecule has 0 aliphatic carbocycles. The van der Waals surface area contributed by atoms with Crippen LogP contribution in [0.3, 0.4) is 0 Å². The van der Waals surface area contributed by atoms with Gasteiger partial charge in [0.15, 0.2) is 0 Å². The van der Waals surface area contributed by atoms with Crippen LogP contribution in [0.25, 0.3) is 22.2 Å². The SMILES string of the molecule is COc1ccc(Cc2cc(-c3ncnc4cc(N5CCOCC5)ccc34)ccc2OC)nn1. The van der Waals surface area contributed by atoms with Gasteiger partial charge in [-0.3, -0.25) is 0 Å². The van der Waals surface area contributed by atoms with Gasteiger partial charge in [0.2, 0.25) is 5.88 Å². The number of morpholine rings is 1. The summed E-state index contributed by atoms with van der Waals surface area (Å²) in [6.07, 6.45) is 2.21. The van der Waals surface area contributed by atoms with Crippen LogP contribution in [0.4, 0.5) is 5.69 Å². The van der Waals surface area contributed by atoms with Crippen molar-refractivity contribution in [3.63, 3.8) is 0 Å². The molecule has 8 heteroatoms. The molecule has 0 atom stereocenters. The van der Waals surface area contributed by atoms with E-state index in [0.717, 1.165) is 71.2 Å². The smallest absolute Gasteiger partial charge is 0.233 e. The summed E-state index contributed by atoms with van der Waals surface area (Å²) in [6.45, 7) is 3.28. The average Bonchev–Trinajstić information content (AvgIpc) is 2.89. The summed E-state index contributed by atoms with van der Waals surface area (Å²) in [7, 11) is 3.25. The van der Waals surface area contributed by atoms with Crippen molar-refractivity contribution in [2.75, 3.05) is 45.4 Å². The fourth-order valence-electron chi connectivity index (χ4n) is 4.10. The lowest BCUT2D eigenvalue weighted by Crippen LogP contribution is -2.36. The van der Waals surface area contributed by atoms with Crippen LogP contribution < -0.4 is 14.4 Å². The van der Waals surface area contributed by atoms with Gasteiger partial charge in [0.05, 0.1) is 44.3 Å². The Labute approximate surface area is 192 Å². The standard InChI is InChI=1S/C25H25N5O3/c1-31-23-7-3-17(13-18(23)14-19-4-8-24(32-2)29-28-19)25-21-6-5-20(15-22(21)26-16-27-25)30-9-11-33-12-10-30/h3-8,13,15-16H,9-12,14H2,1-2H3. The summed E-state index contributed by atoms with van der Waals surface area (Å²) in [5.41, 5.74) is 5.79. The third-order valence-electron chi connectivity index (χ3n) is 5.83. The van der Waals surface area contributed by atoms with Crippen LogP contribution in [-0.2, 0) is 11.2 Å². The maximum Gasteiger partial charge on any atom is 0.233 e. The summed E-state index contributed by atoms with van der Waals surface area (Å²) in [5, 5.41) is 9.34.